The van der Waals surface area contributed by atoms with Gasteiger partial charge in [0.25, 0.3) is 0 Å². The summed E-state index contributed by atoms with van der Waals surface area (Å²) in [6, 6.07) is 19.1. The van der Waals surface area contributed by atoms with E-state index in [4.69, 9.17) is 5.26 Å². The molecule has 3 aromatic rings. The summed E-state index contributed by atoms with van der Waals surface area (Å²) < 4.78 is 2.13. The van der Waals surface area contributed by atoms with Gasteiger partial charge in [-0.25, -0.2) is 4.98 Å². The molecule has 1 aromatic carbocycles. The first kappa shape index (κ1) is 21.6. The molecule has 1 saturated carbocycles. The van der Waals surface area contributed by atoms with E-state index >= 15 is 0 Å². The fourth-order valence-electron chi connectivity index (χ4n) is 5.70. The third-order valence-electron chi connectivity index (χ3n) is 7.41. The zero-order valence-corrected chi connectivity index (χ0v) is 19.2. The van der Waals surface area contributed by atoms with Crippen LogP contribution >= 0.6 is 0 Å². The molecule has 0 radical (unpaired) electrons. The van der Waals surface area contributed by atoms with Gasteiger partial charge < -0.3 is 14.8 Å². The second kappa shape index (κ2) is 10.1. The molecule has 1 aliphatic heterocycles. The Labute approximate surface area is 197 Å². The highest BCUT2D eigenvalue weighted by Gasteiger charge is 2.30. The van der Waals surface area contributed by atoms with Gasteiger partial charge in [0, 0.05) is 49.5 Å². The summed E-state index contributed by atoms with van der Waals surface area (Å²) in [6.07, 6.45) is 15.1. The Morgan fingerprint density at radius 3 is 2.61 bits per heavy atom. The summed E-state index contributed by atoms with van der Waals surface area (Å²) in [7, 11) is 0. The SMILES string of the molecule is N#Cc1ccc(N2CCC[C@H](C[C@@H]3CCCC[C@H]3Nc3cc(-n4cccc4)ccn3)C2)cc1. The Morgan fingerprint density at radius 2 is 1.79 bits per heavy atom. The molecule has 2 aromatic heterocycles. The van der Waals surface area contributed by atoms with Gasteiger partial charge >= 0.3 is 0 Å². The predicted molar refractivity (Wildman–Crippen MR) is 134 cm³/mol. The summed E-state index contributed by atoms with van der Waals surface area (Å²) in [5, 5.41) is 12.9. The van der Waals surface area contributed by atoms with Crippen molar-refractivity contribution in [1.29, 1.82) is 5.26 Å². The molecule has 33 heavy (non-hydrogen) atoms. The van der Waals surface area contributed by atoms with E-state index in [1.807, 2.05) is 18.3 Å². The third kappa shape index (κ3) is 5.22. The standard InChI is InChI=1S/C28H33N5/c29-20-22-9-11-25(12-10-22)33-17-5-6-23(21-33)18-24-7-1-2-8-27(24)31-28-19-26(13-14-30-28)32-15-3-4-16-32/h3-4,9-16,19,23-24,27H,1-2,5-8,17-18,21H2,(H,30,31)/t23-,24+,27-/m1/s1. The summed E-state index contributed by atoms with van der Waals surface area (Å²) in [6.45, 7) is 2.24. The lowest BCUT2D eigenvalue weighted by Gasteiger charge is -2.39. The van der Waals surface area contributed by atoms with Crippen LogP contribution in [0.3, 0.4) is 0 Å². The first-order chi connectivity index (χ1) is 16.3. The molecule has 3 atom stereocenters. The first-order valence-electron chi connectivity index (χ1n) is 12.4. The third-order valence-corrected chi connectivity index (χ3v) is 7.41. The zero-order chi connectivity index (χ0) is 22.5. The molecule has 0 amide bonds. The number of pyridine rings is 1. The van der Waals surface area contributed by atoms with E-state index in [0.717, 1.165) is 36.1 Å². The topological polar surface area (TPSA) is 56.9 Å². The quantitative estimate of drug-likeness (QED) is 0.510. The van der Waals surface area contributed by atoms with E-state index in [0.29, 0.717) is 12.0 Å². The van der Waals surface area contributed by atoms with Crippen LogP contribution < -0.4 is 10.2 Å². The van der Waals surface area contributed by atoms with Crippen LogP contribution in [-0.4, -0.2) is 28.7 Å². The van der Waals surface area contributed by atoms with E-state index in [1.165, 1.54) is 50.6 Å². The molecule has 0 spiro atoms. The number of benzene rings is 1. The van der Waals surface area contributed by atoms with Crippen LogP contribution in [0.5, 0.6) is 0 Å². The minimum absolute atomic E-state index is 0.497. The minimum Gasteiger partial charge on any atom is -0.371 e. The van der Waals surface area contributed by atoms with Crippen LogP contribution in [0.2, 0.25) is 0 Å². The second-order valence-electron chi connectivity index (χ2n) is 9.63. The van der Waals surface area contributed by atoms with Crippen molar-refractivity contribution < 1.29 is 0 Å². The molecule has 5 nitrogen and oxygen atoms in total. The number of nitrogens with one attached hydrogen (secondary N) is 1. The van der Waals surface area contributed by atoms with Crippen molar-refractivity contribution >= 4 is 11.5 Å². The van der Waals surface area contributed by atoms with Crippen LogP contribution in [0.15, 0.2) is 67.1 Å². The Kier molecular flexibility index (Phi) is 6.62. The number of hydrogen-bond donors (Lipinski definition) is 1. The van der Waals surface area contributed by atoms with Crippen molar-refractivity contribution in [2.24, 2.45) is 11.8 Å². The monoisotopic (exact) mass is 439 g/mol. The predicted octanol–water partition coefficient (Wildman–Crippen LogP) is 6.02. The highest BCUT2D eigenvalue weighted by Crippen LogP contribution is 2.35. The van der Waals surface area contributed by atoms with Gasteiger partial charge in [-0.3, -0.25) is 0 Å². The second-order valence-corrected chi connectivity index (χ2v) is 9.63. The Morgan fingerprint density at radius 1 is 0.970 bits per heavy atom. The summed E-state index contributed by atoms with van der Waals surface area (Å²) in [5.74, 6) is 2.41. The number of anilines is 2. The van der Waals surface area contributed by atoms with Crippen LogP contribution in [0, 0.1) is 23.2 Å². The fraction of sp³-hybridized carbons (Fsp3) is 0.429. The highest BCUT2D eigenvalue weighted by molar-refractivity contribution is 5.50. The summed E-state index contributed by atoms with van der Waals surface area (Å²) in [4.78, 5) is 7.15. The van der Waals surface area contributed by atoms with E-state index in [-0.39, 0.29) is 0 Å². The zero-order valence-electron chi connectivity index (χ0n) is 19.2. The van der Waals surface area contributed by atoms with E-state index in [2.05, 4.69) is 74.6 Å². The van der Waals surface area contributed by atoms with Gasteiger partial charge in [0.05, 0.1) is 17.3 Å². The molecule has 1 N–H and O–H groups in total. The van der Waals surface area contributed by atoms with Gasteiger partial charge in [0.2, 0.25) is 0 Å². The molecule has 0 unspecified atom stereocenters. The van der Waals surface area contributed by atoms with Crippen molar-refractivity contribution in [2.75, 3.05) is 23.3 Å². The number of nitrogens with zero attached hydrogens (tertiary/aromatic N) is 4. The number of piperidine rings is 1. The molecular formula is C28H33N5. The number of rotatable bonds is 6. The fourth-order valence-corrected chi connectivity index (χ4v) is 5.70. The van der Waals surface area contributed by atoms with E-state index < -0.39 is 0 Å². The first-order valence-corrected chi connectivity index (χ1v) is 12.4. The summed E-state index contributed by atoms with van der Waals surface area (Å²) in [5.41, 5.74) is 3.14. The Balaban J connectivity index is 1.23. The smallest absolute Gasteiger partial charge is 0.128 e. The lowest BCUT2D eigenvalue weighted by Crippen LogP contribution is -2.39. The van der Waals surface area contributed by atoms with Crippen LogP contribution in [0.1, 0.15) is 50.5 Å². The molecule has 1 aliphatic carbocycles. The molecule has 2 fully saturated rings. The largest absolute Gasteiger partial charge is 0.371 e. The summed E-state index contributed by atoms with van der Waals surface area (Å²) >= 11 is 0. The Hall–Kier alpha value is -3.26. The maximum absolute atomic E-state index is 9.08. The minimum atomic E-state index is 0.497. The van der Waals surface area contributed by atoms with E-state index in [1.54, 1.807) is 0 Å². The molecular weight excluding hydrogens is 406 g/mol. The number of nitriles is 1. The molecule has 3 heterocycles. The average Bonchev–Trinajstić information content (AvgIpc) is 3.41. The van der Waals surface area contributed by atoms with Gasteiger partial charge in [-0.15, -0.1) is 0 Å². The van der Waals surface area contributed by atoms with Gasteiger partial charge in [-0.2, -0.15) is 5.26 Å². The molecule has 2 aliphatic rings. The maximum atomic E-state index is 9.08. The molecule has 1 saturated heterocycles. The van der Waals surface area contributed by atoms with Gasteiger partial charge in [-0.1, -0.05) is 12.8 Å². The lowest BCUT2D eigenvalue weighted by molar-refractivity contribution is 0.247. The molecule has 5 heteroatoms. The van der Waals surface area contributed by atoms with Gasteiger partial charge in [0.1, 0.15) is 5.82 Å². The van der Waals surface area contributed by atoms with E-state index in [9.17, 15) is 0 Å². The van der Waals surface area contributed by atoms with Gasteiger partial charge in [-0.05, 0) is 86.4 Å². The van der Waals surface area contributed by atoms with Crippen molar-refractivity contribution in [3.63, 3.8) is 0 Å². The normalized spacial score (nSPS) is 23.1. The number of hydrogen-bond acceptors (Lipinski definition) is 4. The van der Waals surface area contributed by atoms with Crippen molar-refractivity contribution in [3.05, 3.63) is 72.7 Å². The molecule has 170 valence electrons. The lowest BCUT2D eigenvalue weighted by atomic mass is 9.77. The van der Waals surface area contributed by atoms with Crippen LogP contribution in [0.25, 0.3) is 5.69 Å². The van der Waals surface area contributed by atoms with Gasteiger partial charge in [0.15, 0.2) is 0 Å². The van der Waals surface area contributed by atoms with Crippen LogP contribution in [-0.2, 0) is 0 Å². The highest BCUT2D eigenvalue weighted by atomic mass is 15.1. The maximum Gasteiger partial charge on any atom is 0.128 e. The van der Waals surface area contributed by atoms with Crippen molar-refractivity contribution in [1.82, 2.24) is 9.55 Å². The molecule has 5 rings (SSSR count). The number of aromatic nitrogens is 2. The average molecular weight is 440 g/mol. The molecule has 0 bridgehead atoms. The van der Waals surface area contributed by atoms with Crippen molar-refractivity contribution in [3.8, 4) is 11.8 Å². The van der Waals surface area contributed by atoms with Crippen molar-refractivity contribution in [2.45, 2.75) is 51.0 Å². The Bertz CT molecular complexity index is 1070. The van der Waals surface area contributed by atoms with Crippen LogP contribution in [0.4, 0.5) is 11.5 Å².